The molecule has 0 spiro atoms. The summed E-state index contributed by atoms with van der Waals surface area (Å²) in [5.74, 6) is 0.0527. The lowest BCUT2D eigenvalue weighted by Crippen LogP contribution is -2.40. The van der Waals surface area contributed by atoms with Crippen LogP contribution in [0.5, 0.6) is 0 Å². The molecule has 1 aliphatic rings. The zero-order valence-electron chi connectivity index (χ0n) is 10.9. The number of aromatic nitrogens is 3. The molecule has 2 rings (SSSR count). The van der Waals surface area contributed by atoms with Crippen molar-refractivity contribution in [3.63, 3.8) is 0 Å². The number of carbonyl (C=O) groups excluding carboxylic acids is 2. The van der Waals surface area contributed by atoms with Gasteiger partial charge in [-0.25, -0.2) is 13.1 Å². The number of nitrogens with zero attached hydrogens (tertiary/aromatic N) is 4. The molecular weight excluding hydrogens is 286 g/mol. The SMILES string of the molecule is CS(=O)(=O)Nc1cn(CC(=O)N2CCC(=O)CC2)nn1. The van der Waals surface area contributed by atoms with E-state index < -0.39 is 10.0 Å². The van der Waals surface area contributed by atoms with E-state index in [1.165, 1.54) is 10.9 Å². The highest BCUT2D eigenvalue weighted by atomic mass is 32.2. The van der Waals surface area contributed by atoms with E-state index in [2.05, 4.69) is 15.0 Å². The lowest BCUT2D eigenvalue weighted by molar-refractivity contribution is -0.135. The van der Waals surface area contributed by atoms with Crippen molar-refractivity contribution in [1.29, 1.82) is 0 Å². The van der Waals surface area contributed by atoms with Gasteiger partial charge in [-0.2, -0.15) is 0 Å². The molecule has 0 aromatic carbocycles. The third kappa shape index (κ3) is 4.02. The first-order valence-electron chi connectivity index (χ1n) is 6.01. The third-order valence-electron chi connectivity index (χ3n) is 2.80. The molecule has 0 radical (unpaired) electrons. The maximum atomic E-state index is 12.0. The van der Waals surface area contributed by atoms with E-state index in [-0.39, 0.29) is 24.1 Å². The molecule has 1 aromatic rings. The van der Waals surface area contributed by atoms with E-state index in [0.29, 0.717) is 25.9 Å². The number of piperidine rings is 1. The van der Waals surface area contributed by atoms with Gasteiger partial charge in [0.15, 0.2) is 5.82 Å². The average molecular weight is 301 g/mol. The summed E-state index contributed by atoms with van der Waals surface area (Å²) in [6.07, 6.45) is 3.10. The molecule has 1 aliphatic heterocycles. The first kappa shape index (κ1) is 14.4. The highest BCUT2D eigenvalue weighted by molar-refractivity contribution is 7.92. The van der Waals surface area contributed by atoms with Gasteiger partial charge in [-0.1, -0.05) is 5.21 Å². The van der Waals surface area contributed by atoms with Crippen LogP contribution >= 0.6 is 0 Å². The van der Waals surface area contributed by atoms with Crippen LogP contribution < -0.4 is 4.72 Å². The predicted octanol–water partition coefficient (Wildman–Crippen LogP) is -1.16. The minimum atomic E-state index is -3.42. The maximum absolute atomic E-state index is 12.0. The second-order valence-electron chi connectivity index (χ2n) is 4.60. The van der Waals surface area contributed by atoms with Gasteiger partial charge in [0.2, 0.25) is 15.9 Å². The predicted molar refractivity (Wildman–Crippen MR) is 69.3 cm³/mol. The van der Waals surface area contributed by atoms with E-state index in [1.807, 2.05) is 0 Å². The molecule has 0 saturated carbocycles. The average Bonchev–Trinajstić information content (AvgIpc) is 2.74. The molecule has 1 amide bonds. The van der Waals surface area contributed by atoms with Crippen LogP contribution in [-0.4, -0.2) is 59.3 Å². The smallest absolute Gasteiger partial charge is 0.244 e. The lowest BCUT2D eigenvalue weighted by atomic mass is 10.1. The van der Waals surface area contributed by atoms with Gasteiger partial charge in [0.1, 0.15) is 12.3 Å². The number of likely N-dealkylation sites (tertiary alicyclic amines) is 1. The highest BCUT2D eigenvalue weighted by Gasteiger charge is 2.21. The van der Waals surface area contributed by atoms with Gasteiger partial charge in [0, 0.05) is 25.9 Å². The number of amides is 1. The molecule has 0 bridgehead atoms. The van der Waals surface area contributed by atoms with Crippen molar-refractivity contribution in [2.75, 3.05) is 24.1 Å². The Balaban J connectivity index is 1.93. The van der Waals surface area contributed by atoms with Crippen LogP contribution in [0.3, 0.4) is 0 Å². The Bertz CT molecular complexity index is 613. The van der Waals surface area contributed by atoms with Crippen LogP contribution in [0, 0.1) is 0 Å². The number of carbonyl (C=O) groups is 2. The zero-order chi connectivity index (χ0) is 14.8. The number of sulfonamides is 1. The fourth-order valence-electron chi connectivity index (χ4n) is 1.86. The summed E-state index contributed by atoms with van der Waals surface area (Å²) in [6.45, 7) is 0.800. The fourth-order valence-corrected chi connectivity index (χ4v) is 2.33. The van der Waals surface area contributed by atoms with Crippen LogP contribution in [0.25, 0.3) is 0 Å². The van der Waals surface area contributed by atoms with Crippen LogP contribution in [0.4, 0.5) is 5.82 Å². The van der Waals surface area contributed by atoms with Crippen molar-refractivity contribution in [3.8, 4) is 0 Å². The Morgan fingerprint density at radius 3 is 2.65 bits per heavy atom. The largest absolute Gasteiger partial charge is 0.340 e. The van der Waals surface area contributed by atoms with Crippen molar-refractivity contribution in [2.24, 2.45) is 0 Å². The Morgan fingerprint density at radius 1 is 1.40 bits per heavy atom. The number of Topliss-reactive ketones (excluding diaryl/α,β-unsaturated/α-hetero) is 1. The molecule has 0 atom stereocenters. The molecule has 1 fully saturated rings. The first-order chi connectivity index (χ1) is 9.33. The van der Waals surface area contributed by atoms with E-state index in [4.69, 9.17) is 0 Å². The molecule has 110 valence electrons. The molecular formula is C10H15N5O4S. The maximum Gasteiger partial charge on any atom is 0.244 e. The monoisotopic (exact) mass is 301 g/mol. The molecule has 1 N–H and O–H groups in total. The standard InChI is InChI=1S/C10H15N5O4S/c1-20(18,19)12-9-6-15(13-11-9)7-10(17)14-4-2-8(16)3-5-14/h6,12H,2-5,7H2,1H3. The summed E-state index contributed by atoms with van der Waals surface area (Å²) in [4.78, 5) is 24.6. The zero-order valence-corrected chi connectivity index (χ0v) is 11.8. The van der Waals surface area contributed by atoms with Gasteiger partial charge in [0.25, 0.3) is 0 Å². The van der Waals surface area contributed by atoms with Crippen LogP contribution in [0.15, 0.2) is 6.20 Å². The molecule has 20 heavy (non-hydrogen) atoms. The minimum absolute atomic E-state index is 0.0351. The molecule has 1 aromatic heterocycles. The third-order valence-corrected chi connectivity index (χ3v) is 3.38. The van der Waals surface area contributed by atoms with Gasteiger partial charge >= 0.3 is 0 Å². The summed E-state index contributed by atoms with van der Waals surface area (Å²) in [7, 11) is -3.42. The van der Waals surface area contributed by atoms with E-state index in [9.17, 15) is 18.0 Å². The van der Waals surface area contributed by atoms with Crippen molar-refractivity contribution < 1.29 is 18.0 Å². The summed E-state index contributed by atoms with van der Waals surface area (Å²) >= 11 is 0. The number of rotatable bonds is 4. The second kappa shape index (κ2) is 5.57. The van der Waals surface area contributed by atoms with Crippen LogP contribution in [0.2, 0.25) is 0 Å². The molecule has 1 saturated heterocycles. The van der Waals surface area contributed by atoms with Crippen molar-refractivity contribution in [2.45, 2.75) is 19.4 Å². The fraction of sp³-hybridized carbons (Fsp3) is 0.600. The van der Waals surface area contributed by atoms with Gasteiger partial charge < -0.3 is 4.90 Å². The number of hydrogen-bond donors (Lipinski definition) is 1. The van der Waals surface area contributed by atoms with E-state index >= 15 is 0 Å². The van der Waals surface area contributed by atoms with Crippen LogP contribution in [0.1, 0.15) is 12.8 Å². The van der Waals surface area contributed by atoms with Crippen molar-refractivity contribution in [3.05, 3.63) is 6.20 Å². The number of anilines is 1. The Morgan fingerprint density at radius 2 is 2.05 bits per heavy atom. The Kier molecular flexibility index (Phi) is 4.02. The van der Waals surface area contributed by atoms with Crippen molar-refractivity contribution in [1.82, 2.24) is 19.9 Å². The van der Waals surface area contributed by atoms with E-state index in [0.717, 1.165) is 6.26 Å². The van der Waals surface area contributed by atoms with Gasteiger partial charge in [-0.15, -0.1) is 5.10 Å². The number of ketones is 1. The minimum Gasteiger partial charge on any atom is -0.340 e. The summed E-state index contributed by atoms with van der Waals surface area (Å²) in [5, 5.41) is 7.29. The molecule has 2 heterocycles. The molecule has 10 heteroatoms. The quantitative estimate of drug-likeness (QED) is 0.750. The van der Waals surface area contributed by atoms with Crippen LogP contribution in [-0.2, 0) is 26.2 Å². The normalized spacial score (nSPS) is 16.2. The van der Waals surface area contributed by atoms with Crippen molar-refractivity contribution >= 4 is 27.5 Å². The van der Waals surface area contributed by atoms with E-state index in [1.54, 1.807) is 4.90 Å². The highest BCUT2D eigenvalue weighted by Crippen LogP contribution is 2.07. The van der Waals surface area contributed by atoms with Gasteiger partial charge in [-0.05, 0) is 0 Å². The van der Waals surface area contributed by atoms with Gasteiger partial charge in [-0.3, -0.25) is 14.3 Å². The summed E-state index contributed by atoms with van der Waals surface area (Å²) in [5.41, 5.74) is 0. The Hall–Kier alpha value is -1.97. The lowest BCUT2D eigenvalue weighted by Gasteiger charge is -2.25. The molecule has 0 unspecified atom stereocenters. The topological polar surface area (TPSA) is 114 Å². The second-order valence-corrected chi connectivity index (χ2v) is 6.34. The van der Waals surface area contributed by atoms with Gasteiger partial charge in [0.05, 0.1) is 12.5 Å². The number of hydrogen-bond acceptors (Lipinski definition) is 6. The first-order valence-corrected chi connectivity index (χ1v) is 7.90. The molecule has 9 nitrogen and oxygen atoms in total. The Labute approximate surface area is 116 Å². The summed E-state index contributed by atoms with van der Waals surface area (Å²) < 4.78 is 25.5. The number of nitrogens with one attached hydrogen (secondary N) is 1. The summed E-state index contributed by atoms with van der Waals surface area (Å²) in [6, 6.07) is 0. The molecule has 0 aliphatic carbocycles.